The second-order valence-corrected chi connectivity index (χ2v) is 8.87. The zero-order chi connectivity index (χ0) is 22.5. The van der Waals surface area contributed by atoms with E-state index in [9.17, 15) is 22.8 Å². The van der Waals surface area contributed by atoms with E-state index in [2.05, 4.69) is 10.6 Å². The van der Waals surface area contributed by atoms with Crippen LogP contribution in [0.4, 0.5) is 11.4 Å². The van der Waals surface area contributed by atoms with Gasteiger partial charge in [-0.05, 0) is 43.7 Å². The lowest BCUT2D eigenvalue weighted by atomic mass is 10.1. The molecular weight excluding hydrogens is 406 g/mol. The van der Waals surface area contributed by atoms with Gasteiger partial charge in [0.2, 0.25) is 21.8 Å². The SMILES string of the molecule is CCC(=O)Nc1ccc(C)c(NC(=O)CN(C)S(=O)(=O)c2ccc(C(C)=O)cc2)c1. The molecule has 0 saturated carbocycles. The van der Waals surface area contributed by atoms with Crippen molar-refractivity contribution in [3.05, 3.63) is 53.6 Å². The van der Waals surface area contributed by atoms with Gasteiger partial charge in [0.1, 0.15) is 0 Å². The van der Waals surface area contributed by atoms with Crippen LogP contribution in [0.3, 0.4) is 0 Å². The van der Waals surface area contributed by atoms with Crippen molar-refractivity contribution in [2.24, 2.45) is 0 Å². The van der Waals surface area contributed by atoms with E-state index >= 15 is 0 Å². The van der Waals surface area contributed by atoms with Crippen LogP contribution in [-0.2, 0) is 19.6 Å². The molecule has 0 fully saturated rings. The molecule has 2 N–H and O–H groups in total. The van der Waals surface area contributed by atoms with Gasteiger partial charge in [0, 0.05) is 30.4 Å². The molecule has 30 heavy (non-hydrogen) atoms. The topological polar surface area (TPSA) is 113 Å². The summed E-state index contributed by atoms with van der Waals surface area (Å²) in [4.78, 5) is 35.3. The third kappa shape index (κ3) is 5.74. The van der Waals surface area contributed by atoms with Crippen LogP contribution in [0.1, 0.15) is 36.2 Å². The predicted octanol–water partition coefficient (Wildman–Crippen LogP) is 2.81. The van der Waals surface area contributed by atoms with E-state index < -0.39 is 22.5 Å². The highest BCUT2D eigenvalue weighted by Crippen LogP contribution is 2.21. The minimum Gasteiger partial charge on any atom is -0.326 e. The number of likely N-dealkylation sites (N-methyl/N-ethyl adjacent to an activating group) is 1. The Morgan fingerprint density at radius 1 is 0.967 bits per heavy atom. The summed E-state index contributed by atoms with van der Waals surface area (Å²) in [6.45, 7) is 4.51. The number of amides is 2. The molecule has 0 radical (unpaired) electrons. The first-order valence-electron chi connectivity index (χ1n) is 9.32. The molecule has 8 nitrogen and oxygen atoms in total. The maximum absolute atomic E-state index is 12.7. The second-order valence-electron chi connectivity index (χ2n) is 6.82. The number of ketones is 1. The lowest BCUT2D eigenvalue weighted by Gasteiger charge is -2.18. The Bertz CT molecular complexity index is 1060. The van der Waals surface area contributed by atoms with E-state index in [4.69, 9.17) is 0 Å². The maximum atomic E-state index is 12.7. The number of hydrogen-bond donors (Lipinski definition) is 2. The number of Topliss-reactive ketones (excluding diaryl/α,β-unsaturated/α-hetero) is 1. The summed E-state index contributed by atoms with van der Waals surface area (Å²) in [6.07, 6.45) is 0.325. The molecule has 0 spiro atoms. The molecule has 2 aromatic carbocycles. The van der Waals surface area contributed by atoms with Crippen LogP contribution >= 0.6 is 0 Å². The van der Waals surface area contributed by atoms with Crippen molar-refractivity contribution in [2.75, 3.05) is 24.2 Å². The molecular formula is C21H25N3O5S. The van der Waals surface area contributed by atoms with Gasteiger partial charge < -0.3 is 10.6 Å². The van der Waals surface area contributed by atoms with E-state index in [1.807, 2.05) is 0 Å². The van der Waals surface area contributed by atoms with Gasteiger partial charge in [0.05, 0.1) is 11.4 Å². The Morgan fingerprint density at radius 3 is 2.17 bits per heavy atom. The molecule has 2 amide bonds. The first-order chi connectivity index (χ1) is 14.0. The number of aryl methyl sites for hydroxylation is 1. The van der Waals surface area contributed by atoms with Gasteiger partial charge in [-0.3, -0.25) is 14.4 Å². The van der Waals surface area contributed by atoms with Crippen LogP contribution in [0.25, 0.3) is 0 Å². The van der Waals surface area contributed by atoms with Gasteiger partial charge in [-0.1, -0.05) is 25.1 Å². The first kappa shape index (κ1) is 23.2. The number of nitrogens with zero attached hydrogens (tertiary/aromatic N) is 1. The number of benzene rings is 2. The number of nitrogens with one attached hydrogen (secondary N) is 2. The summed E-state index contributed by atoms with van der Waals surface area (Å²) in [7, 11) is -2.60. The monoisotopic (exact) mass is 431 g/mol. The molecule has 0 saturated heterocycles. The molecule has 2 aromatic rings. The molecule has 160 valence electrons. The fourth-order valence-corrected chi connectivity index (χ4v) is 3.73. The molecule has 0 bridgehead atoms. The van der Waals surface area contributed by atoms with E-state index in [-0.39, 0.29) is 16.6 Å². The summed E-state index contributed by atoms with van der Waals surface area (Å²) in [6, 6.07) is 10.6. The largest absolute Gasteiger partial charge is 0.326 e. The summed E-state index contributed by atoms with van der Waals surface area (Å²) in [5, 5.41) is 5.39. The molecule has 0 unspecified atom stereocenters. The number of anilines is 2. The zero-order valence-electron chi connectivity index (χ0n) is 17.4. The molecule has 0 aliphatic rings. The van der Waals surface area contributed by atoms with Gasteiger partial charge in [0.25, 0.3) is 0 Å². The average Bonchev–Trinajstić information content (AvgIpc) is 2.70. The van der Waals surface area contributed by atoms with Crippen LogP contribution < -0.4 is 10.6 Å². The third-order valence-electron chi connectivity index (χ3n) is 4.45. The van der Waals surface area contributed by atoms with Gasteiger partial charge in [-0.15, -0.1) is 0 Å². The number of hydrogen-bond acceptors (Lipinski definition) is 5. The third-order valence-corrected chi connectivity index (χ3v) is 6.27. The first-order valence-corrected chi connectivity index (χ1v) is 10.8. The standard InChI is InChI=1S/C21H25N3O5S/c1-5-20(26)22-17-9-6-14(2)19(12-17)23-21(27)13-24(4)30(28,29)18-10-7-16(8-11-18)15(3)25/h6-12H,5,13H2,1-4H3,(H,22,26)(H,23,27). The molecule has 0 atom stereocenters. The highest BCUT2D eigenvalue weighted by atomic mass is 32.2. The number of carbonyl (C=O) groups excluding carboxylic acids is 3. The van der Waals surface area contributed by atoms with Crippen LogP contribution in [0.15, 0.2) is 47.4 Å². The number of rotatable bonds is 8. The van der Waals surface area contributed by atoms with Crippen molar-refractivity contribution in [3.63, 3.8) is 0 Å². The Balaban J connectivity index is 2.11. The summed E-state index contributed by atoms with van der Waals surface area (Å²) in [5.41, 5.74) is 2.18. The van der Waals surface area contributed by atoms with Crippen molar-refractivity contribution in [2.45, 2.75) is 32.1 Å². The van der Waals surface area contributed by atoms with E-state index in [1.54, 1.807) is 32.0 Å². The Labute approximate surface area is 176 Å². The molecule has 0 aliphatic heterocycles. The zero-order valence-corrected chi connectivity index (χ0v) is 18.2. The van der Waals surface area contributed by atoms with Crippen LogP contribution in [0.5, 0.6) is 0 Å². The van der Waals surface area contributed by atoms with Crippen molar-refractivity contribution in [1.29, 1.82) is 0 Å². The lowest BCUT2D eigenvalue weighted by Crippen LogP contribution is -2.35. The normalized spacial score (nSPS) is 11.2. The predicted molar refractivity (Wildman–Crippen MR) is 115 cm³/mol. The van der Waals surface area contributed by atoms with Gasteiger partial charge >= 0.3 is 0 Å². The Hall–Kier alpha value is -3.04. The van der Waals surface area contributed by atoms with E-state index in [0.29, 0.717) is 23.4 Å². The van der Waals surface area contributed by atoms with E-state index in [1.165, 1.54) is 38.2 Å². The summed E-state index contributed by atoms with van der Waals surface area (Å²) in [5.74, 6) is -0.847. The molecule has 0 aromatic heterocycles. The summed E-state index contributed by atoms with van der Waals surface area (Å²) < 4.78 is 26.3. The molecule has 2 rings (SSSR count). The Morgan fingerprint density at radius 2 is 1.60 bits per heavy atom. The van der Waals surface area contributed by atoms with Crippen molar-refractivity contribution in [3.8, 4) is 0 Å². The average molecular weight is 432 g/mol. The number of carbonyl (C=O) groups is 3. The molecule has 0 aliphatic carbocycles. The second kappa shape index (κ2) is 9.64. The van der Waals surface area contributed by atoms with Crippen molar-refractivity contribution in [1.82, 2.24) is 4.31 Å². The van der Waals surface area contributed by atoms with E-state index in [0.717, 1.165) is 9.87 Å². The van der Waals surface area contributed by atoms with Crippen LogP contribution in [0.2, 0.25) is 0 Å². The maximum Gasteiger partial charge on any atom is 0.243 e. The number of sulfonamides is 1. The molecule has 9 heteroatoms. The van der Waals surface area contributed by atoms with Crippen molar-refractivity contribution >= 4 is 39.0 Å². The van der Waals surface area contributed by atoms with Gasteiger partial charge in [-0.2, -0.15) is 4.31 Å². The lowest BCUT2D eigenvalue weighted by molar-refractivity contribution is -0.116. The summed E-state index contributed by atoms with van der Waals surface area (Å²) >= 11 is 0. The molecule has 0 heterocycles. The Kier molecular flexibility index (Phi) is 7.47. The van der Waals surface area contributed by atoms with Crippen molar-refractivity contribution < 1.29 is 22.8 Å². The minimum absolute atomic E-state index is 0.0109. The van der Waals surface area contributed by atoms with Crippen LogP contribution in [-0.4, -0.2) is 43.9 Å². The fourth-order valence-electron chi connectivity index (χ4n) is 2.60. The highest BCUT2D eigenvalue weighted by molar-refractivity contribution is 7.89. The van der Waals surface area contributed by atoms with Crippen LogP contribution in [0, 0.1) is 6.92 Å². The van der Waals surface area contributed by atoms with Gasteiger partial charge in [0.15, 0.2) is 5.78 Å². The van der Waals surface area contributed by atoms with Gasteiger partial charge in [-0.25, -0.2) is 8.42 Å². The highest BCUT2D eigenvalue weighted by Gasteiger charge is 2.23. The minimum atomic E-state index is -3.90. The fraction of sp³-hybridized carbons (Fsp3) is 0.286. The smallest absolute Gasteiger partial charge is 0.243 e. The quantitative estimate of drug-likeness (QED) is 0.624.